The number of para-hydroxylation sites is 1. The van der Waals surface area contributed by atoms with Crippen molar-refractivity contribution < 1.29 is 14.0 Å². The number of nitrogens with one attached hydrogen (secondary N) is 4. The highest BCUT2D eigenvalue weighted by atomic mass is 35.5. The topological polar surface area (TPSA) is 99.2 Å². The lowest BCUT2D eigenvalue weighted by atomic mass is 9.98. The number of amides is 2. The second-order valence-corrected chi connectivity index (χ2v) is 11.2. The third-order valence-electron chi connectivity index (χ3n) is 7.85. The van der Waals surface area contributed by atoms with E-state index in [4.69, 9.17) is 16.0 Å². The number of rotatable bonds is 9. The molecule has 0 saturated heterocycles. The van der Waals surface area contributed by atoms with Gasteiger partial charge in [0.05, 0.1) is 0 Å². The number of carbonyl (C=O) groups is 2. The normalized spacial score (nSPS) is 11.2. The predicted molar refractivity (Wildman–Crippen MR) is 183 cm³/mol. The first-order valence-electron chi connectivity index (χ1n) is 14.7. The van der Waals surface area contributed by atoms with Crippen LogP contribution in [0.3, 0.4) is 0 Å². The van der Waals surface area contributed by atoms with E-state index in [1.807, 2.05) is 72.8 Å². The van der Waals surface area contributed by atoms with E-state index < -0.39 is 0 Å². The summed E-state index contributed by atoms with van der Waals surface area (Å²) < 4.78 is 5.70. The van der Waals surface area contributed by atoms with Crippen LogP contribution in [0.15, 0.2) is 120 Å². The average Bonchev–Trinajstić information content (AvgIpc) is 3.70. The Morgan fingerprint density at radius 2 is 1.49 bits per heavy atom. The summed E-state index contributed by atoms with van der Waals surface area (Å²) in [7, 11) is 0. The Kier molecular flexibility index (Phi) is 7.68. The molecule has 0 unspecified atom stereocenters. The highest BCUT2D eigenvalue weighted by Gasteiger charge is 2.18. The SMILES string of the molecule is O=C(Nc1cc(NCc2ccccc2)c2ccccc2c1CCCl)c1cc2cc(NC(=O)c3cc4ccccc4o3)ccc2[nH]1. The summed E-state index contributed by atoms with van der Waals surface area (Å²) in [6.07, 6.45) is 0.595. The maximum Gasteiger partial charge on any atom is 0.291 e. The lowest BCUT2D eigenvalue weighted by Crippen LogP contribution is -2.15. The van der Waals surface area contributed by atoms with Crippen LogP contribution in [0, 0.1) is 0 Å². The van der Waals surface area contributed by atoms with Crippen molar-refractivity contribution in [3.8, 4) is 0 Å². The summed E-state index contributed by atoms with van der Waals surface area (Å²) in [5.41, 5.74) is 6.17. The average molecular weight is 613 g/mol. The Hall–Kier alpha value is -5.53. The molecule has 2 heterocycles. The third-order valence-corrected chi connectivity index (χ3v) is 8.04. The molecule has 5 aromatic carbocycles. The molecule has 7 aromatic rings. The molecule has 0 aliphatic carbocycles. The highest BCUT2D eigenvalue weighted by molar-refractivity contribution is 6.18. The molecule has 0 bridgehead atoms. The second-order valence-electron chi connectivity index (χ2n) is 10.8. The van der Waals surface area contributed by atoms with Crippen molar-refractivity contribution in [2.45, 2.75) is 13.0 Å². The zero-order valence-corrected chi connectivity index (χ0v) is 24.9. The Bertz CT molecular complexity index is 2150. The van der Waals surface area contributed by atoms with E-state index >= 15 is 0 Å². The number of furan rings is 1. The van der Waals surface area contributed by atoms with Crippen LogP contribution >= 0.6 is 11.6 Å². The number of benzene rings is 5. The van der Waals surface area contributed by atoms with Gasteiger partial charge in [-0.2, -0.15) is 0 Å². The first-order valence-corrected chi connectivity index (χ1v) is 15.2. The van der Waals surface area contributed by atoms with Gasteiger partial charge in [-0.15, -0.1) is 11.6 Å². The van der Waals surface area contributed by atoms with Gasteiger partial charge in [-0.1, -0.05) is 72.8 Å². The van der Waals surface area contributed by atoms with Gasteiger partial charge in [-0.3, -0.25) is 9.59 Å². The van der Waals surface area contributed by atoms with E-state index in [-0.39, 0.29) is 17.6 Å². The molecule has 4 N–H and O–H groups in total. The zero-order valence-electron chi connectivity index (χ0n) is 24.2. The number of aryl methyl sites for hydroxylation is 1. The van der Waals surface area contributed by atoms with Gasteiger partial charge in [0.25, 0.3) is 11.8 Å². The number of alkyl halides is 1. The molecule has 0 spiro atoms. The number of carbonyl (C=O) groups excluding carboxylic acids is 2. The highest BCUT2D eigenvalue weighted by Crippen LogP contribution is 2.34. The van der Waals surface area contributed by atoms with Gasteiger partial charge in [0.15, 0.2) is 5.76 Å². The van der Waals surface area contributed by atoms with Gasteiger partial charge in [-0.05, 0) is 65.4 Å². The number of fused-ring (bicyclic) bond motifs is 3. The van der Waals surface area contributed by atoms with E-state index in [0.717, 1.165) is 43.9 Å². The molecule has 45 heavy (non-hydrogen) atoms. The van der Waals surface area contributed by atoms with Crippen LogP contribution in [0.2, 0.25) is 0 Å². The van der Waals surface area contributed by atoms with E-state index in [2.05, 4.69) is 45.2 Å². The first-order chi connectivity index (χ1) is 22.1. The quantitative estimate of drug-likeness (QED) is 0.122. The number of aromatic nitrogens is 1. The Morgan fingerprint density at radius 3 is 2.31 bits per heavy atom. The molecule has 222 valence electrons. The number of hydrogen-bond donors (Lipinski definition) is 4. The fourth-order valence-electron chi connectivity index (χ4n) is 5.66. The Balaban J connectivity index is 1.14. The van der Waals surface area contributed by atoms with Crippen molar-refractivity contribution in [3.05, 3.63) is 138 Å². The molecule has 0 radical (unpaired) electrons. The minimum absolute atomic E-state index is 0.228. The van der Waals surface area contributed by atoms with Crippen molar-refractivity contribution in [1.82, 2.24) is 4.98 Å². The molecule has 2 amide bonds. The number of H-pyrrole nitrogens is 1. The molecule has 0 saturated carbocycles. The Labute approximate surface area is 264 Å². The minimum atomic E-state index is -0.348. The molecule has 0 atom stereocenters. The van der Waals surface area contributed by atoms with Crippen LogP contribution in [0.4, 0.5) is 17.1 Å². The predicted octanol–water partition coefficient (Wildman–Crippen LogP) is 8.97. The molecule has 7 rings (SSSR count). The minimum Gasteiger partial charge on any atom is -0.451 e. The smallest absolute Gasteiger partial charge is 0.291 e. The van der Waals surface area contributed by atoms with Crippen LogP contribution in [-0.2, 0) is 13.0 Å². The second kappa shape index (κ2) is 12.2. The molecular formula is C37H29ClN4O3. The molecule has 0 fully saturated rings. The molecule has 7 nitrogen and oxygen atoms in total. The van der Waals surface area contributed by atoms with Gasteiger partial charge in [0.1, 0.15) is 11.3 Å². The van der Waals surface area contributed by atoms with Gasteiger partial charge >= 0.3 is 0 Å². The molecule has 8 heteroatoms. The fraction of sp³-hybridized carbons (Fsp3) is 0.0811. The van der Waals surface area contributed by atoms with Crippen LogP contribution in [0.25, 0.3) is 32.6 Å². The molecule has 0 aliphatic rings. The van der Waals surface area contributed by atoms with Gasteiger partial charge in [0.2, 0.25) is 0 Å². The van der Waals surface area contributed by atoms with E-state index in [1.165, 1.54) is 0 Å². The standard InChI is InChI=1S/C37H29ClN4O3/c38-17-16-29-27-11-5-6-12-28(27)31(39-22-23-8-2-1-3-9-23)21-32(29)42-36(43)33-19-25-18-26(14-15-30(25)41-33)40-37(44)35-20-24-10-4-7-13-34(24)45-35/h1-15,18-21,39,41H,16-17,22H2,(H,40,44)(H,42,43). The van der Waals surface area contributed by atoms with Crippen LogP contribution in [-0.4, -0.2) is 22.7 Å². The van der Waals surface area contributed by atoms with Crippen molar-refractivity contribution in [2.24, 2.45) is 0 Å². The molecular weight excluding hydrogens is 584 g/mol. The zero-order chi connectivity index (χ0) is 30.8. The van der Waals surface area contributed by atoms with Gasteiger partial charge in [0, 0.05) is 51.2 Å². The third kappa shape index (κ3) is 5.86. The summed E-state index contributed by atoms with van der Waals surface area (Å²) in [5, 5.41) is 13.3. The monoisotopic (exact) mass is 612 g/mol. The van der Waals surface area contributed by atoms with E-state index in [9.17, 15) is 9.59 Å². The van der Waals surface area contributed by atoms with Crippen LogP contribution < -0.4 is 16.0 Å². The fourth-order valence-corrected chi connectivity index (χ4v) is 5.85. The number of anilines is 3. The number of aromatic amines is 1. The van der Waals surface area contributed by atoms with Gasteiger partial charge < -0.3 is 25.4 Å². The number of halogens is 1. The maximum atomic E-state index is 13.6. The van der Waals surface area contributed by atoms with E-state index in [0.29, 0.717) is 41.5 Å². The maximum absolute atomic E-state index is 13.6. The molecule has 2 aromatic heterocycles. The number of hydrogen-bond acceptors (Lipinski definition) is 4. The largest absolute Gasteiger partial charge is 0.451 e. The first kappa shape index (κ1) is 28.3. The van der Waals surface area contributed by atoms with Crippen molar-refractivity contribution in [3.63, 3.8) is 0 Å². The summed E-state index contributed by atoms with van der Waals surface area (Å²) in [5.74, 6) is 0.0164. The van der Waals surface area contributed by atoms with Crippen LogP contribution in [0.1, 0.15) is 32.2 Å². The van der Waals surface area contributed by atoms with Gasteiger partial charge in [-0.25, -0.2) is 0 Å². The van der Waals surface area contributed by atoms with E-state index in [1.54, 1.807) is 18.2 Å². The summed E-state index contributed by atoms with van der Waals surface area (Å²) in [6.45, 7) is 0.643. The molecule has 0 aliphatic heterocycles. The lowest BCUT2D eigenvalue weighted by molar-refractivity contribution is 0.0996. The van der Waals surface area contributed by atoms with Crippen molar-refractivity contribution in [2.75, 3.05) is 21.8 Å². The Morgan fingerprint density at radius 1 is 0.711 bits per heavy atom. The lowest BCUT2D eigenvalue weighted by Gasteiger charge is -2.18. The van der Waals surface area contributed by atoms with Crippen molar-refractivity contribution >= 4 is 73.1 Å². The summed E-state index contributed by atoms with van der Waals surface area (Å²) >= 11 is 6.24. The summed E-state index contributed by atoms with van der Waals surface area (Å²) in [6, 6.07) is 36.7. The van der Waals surface area contributed by atoms with Crippen LogP contribution in [0.5, 0.6) is 0 Å². The summed E-state index contributed by atoms with van der Waals surface area (Å²) in [4.78, 5) is 29.7. The van der Waals surface area contributed by atoms with Crippen molar-refractivity contribution in [1.29, 1.82) is 0 Å².